The molecule has 0 aliphatic carbocycles. The summed E-state index contributed by atoms with van der Waals surface area (Å²) in [5.74, 6) is -3.43. The molecule has 12 nitrogen and oxygen atoms in total. The number of hydrogen-bond acceptors (Lipinski definition) is 8. The number of carbonyl (C=O) groups excluding carboxylic acids is 1. The Kier molecular flexibility index (Phi) is 8.87. The van der Waals surface area contributed by atoms with E-state index in [0.717, 1.165) is 28.5 Å². The van der Waals surface area contributed by atoms with Crippen LogP contribution in [0.4, 0.5) is 17.6 Å². The number of nitrogens with one attached hydrogen (secondary N) is 1. The van der Waals surface area contributed by atoms with E-state index >= 15 is 0 Å². The van der Waals surface area contributed by atoms with Crippen LogP contribution in [0.1, 0.15) is 23.0 Å². The first-order chi connectivity index (χ1) is 19.6. The van der Waals surface area contributed by atoms with E-state index in [0.29, 0.717) is 39.1 Å². The predicted octanol–water partition coefficient (Wildman–Crippen LogP) is 2.90. The number of aliphatic carboxylic acids is 1. The lowest BCUT2D eigenvalue weighted by Gasteiger charge is -2.36. The summed E-state index contributed by atoms with van der Waals surface area (Å²) in [5, 5.41) is 22.0. The molecule has 2 N–H and O–H groups in total. The number of hydrogen-bond donors (Lipinski definition) is 2. The highest BCUT2D eigenvalue weighted by Gasteiger charge is 2.38. The van der Waals surface area contributed by atoms with E-state index in [2.05, 4.69) is 36.0 Å². The van der Waals surface area contributed by atoms with Crippen molar-refractivity contribution in [2.45, 2.75) is 18.6 Å². The molecular formula is C25H23F4N9O3. The third kappa shape index (κ3) is 7.19. The molecule has 214 valence electrons. The number of H-pyrrole nitrogens is 1. The maximum Gasteiger partial charge on any atom is 0.490 e. The Labute approximate surface area is 229 Å². The fourth-order valence-corrected chi connectivity index (χ4v) is 4.21. The topological polar surface area (TPSA) is 157 Å². The van der Waals surface area contributed by atoms with Crippen molar-refractivity contribution in [2.24, 2.45) is 0 Å². The third-order valence-electron chi connectivity index (χ3n) is 6.25. The quantitative estimate of drug-likeness (QED) is 0.331. The minimum absolute atomic E-state index is 0.136. The Morgan fingerprint density at radius 1 is 1.10 bits per heavy atom. The molecule has 1 atom stereocenters. The largest absolute Gasteiger partial charge is 0.490 e. The lowest BCUT2D eigenvalue weighted by Crippen LogP contribution is -2.50. The van der Waals surface area contributed by atoms with Crippen molar-refractivity contribution < 1.29 is 32.3 Å². The summed E-state index contributed by atoms with van der Waals surface area (Å²) in [4.78, 5) is 41.1. The summed E-state index contributed by atoms with van der Waals surface area (Å²) < 4.78 is 46.6. The van der Waals surface area contributed by atoms with Crippen molar-refractivity contribution in [2.75, 3.05) is 32.7 Å². The second-order valence-corrected chi connectivity index (χ2v) is 8.94. The first-order valence-corrected chi connectivity index (χ1v) is 12.2. The van der Waals surface area contributed by atoms with Crippen LogP contribution in [0, 0.1) is 17.1 Å². The molecule has 5 rings (SSSR count). The highest BCUT2D eigenvalue weighted by Crippen LogP contribution is 2.26. The number of rotatable bonds is 6. The Bertz CT molecular complexity index is 1540. The van der Waals surface area contributed by atoms with Gasteiger partial charge < -0.3 is 15.0 Å². The number of nitriles is 1. The van der Waals surface area contributed by atoms with E-state index < -0.39 is 18.0 Å². The van der Waals surface area contributed by atoms with Crippen molar-refractivity contribution in [3.05, 3.63) is 60.8 Å². The van der Waals surface area contributed by atoms with Gasteiger partial charge >= 0.3 is 12.1 Å². The molecule has 0 bridgehead atoms. The van der Waals surface area contributed by atoms with Crippen LogP contribution in [-0.4, -0.2) is 95.4 Å². The van der Waals surface area contributed by atoms with Gasteiger partial charge in [-0.05, 0) is 18.2 Å². The van der Waals surface area contributed by atoms with Crippen LogP contribution in [-0.2, 0) is 4.79 Å². The van der Waals surface area contributed by atoms with Gasteiger partial charge in [0.1, 0.15) is 23.5 Å². The Morgan fingerprint density at radius 3 is 2.46 bits per heavy atom. The molecule has 1 fully saturated rings. The zero-order chi connectivity index (χ0) is 29.6. The molecule has 1 saturated heterocycles. The molecule has 0 spiro atoms. The number of carbonyl (C=O) groups is 2. The van der Waals surface area contributed by atoms with Gasteiger partial charge in [0, 0.05) is 56.1 Å². The van der Waals surface area contributed by atoms with Crippen LogP contribution < -0.4 is 0 Å². The number of amides is 1. The second kappa shape index (κ2) is 12.5. The van der Waals surface area contributed by atoms with Crippen molar-refractivity contribution in [3.8, 4) is 17.3 Å². The molecule has 4 aromatic heterocycles. The Morgan fingerprint density at radius 2 is 1.83 bits per heavy atom. The van der Waals surface area contributed by atoms with Gasteiger partial charge in [-0.15, -0.1) is 0 Å². The van der Waals surface area contributed by atoms with Gasteiger partial charge in [-0.3, -0.25) is 14.4 Å². The first kappa shape index (κ1) is 29.1. The van der Waals surface area contributed by atoms with Gasteiger partial charge in [0.05, 0.1) is 36.6 Å². The number of fused-ring (bicyclic) bond motifs is 1. The van der Waals surface area contributed by atoms with Gasteiger partial charge in [0.15, 0.2) is 0 Å². The van der Waals surface area contributed by atoms with Gasteiger partial charge in [-0.25, -0.2) is 24.1 Å². The first-order valence-electron chi connectivity index (χ1n) is 12.2. The molecule has 0 aromatic carbocycles. The molecular weight excluding hydrogens is 550 g/mol. The number of piperazine rings is 1. The summed E-state index contributed by atoms with van der Waals surface area (Å²) in [6, 6.07) is 6.70. The molecule has 1 aliphatic heterocycles. The van der Waals surface area contributed by atoms with Crippen LogP contribution in [0.5, 0.6) is 0 Å². The number of halogens is 4. The van der Waals surface area contributed by atoms with Crippen molar-refractivity contribution in [1.82, 2.24) is 39.5 Å². The standard InChI is InChI=1S/C23H22FN9O.C2HF3O2/c24-17-1-2-20(27-12-17)23(34)32-9-7-31(8-10-32)14-18(3-5-25)33-13-16(11-30-33)21-19-4-6-26-22(19)29-15-28-21;3-2(4,5)1(6)7/h1-2,4,6,11-13,15,18H,3,7-10,14H2,(H,26,28,29);(H,6,7). The number of aromatic nitrogens is 6. The summed E-state index contributed by atoms with van der Waals surface area (Å²) >= 11 is 0. The lowest BCUT2D eigenvalue weighted by molar-refractivity contribution is -0.192. The van der Waals surface area contributed by atoms with E-state index in [1.807, 2.05) is 23.1 Å². The SMILES string of the molecule is N#CCC(CN1CCN(C(=O)c2ccc(F)cn2)CC1)n1cc(-c2ncnc3[nH]ccc23)cn1.O=C(O)C(F)(F)F. The number of carboxylic acid groups (broad SMARTS) is 1. The molecule has 16 heteroatoms. The number of carboxylic acids is 1. The number of aromatic amines is 1. The van der Waals surface area contributed by atoms with Crippen LogP contribution >= 0.6 is 0 Å². The van der Waals surface area contributed by atoms with Crippen LogP contribution in [0.3, 0.4) is 0 Å². The molecule has 1 unspecified atom stereocenters. The number of pyridine rings is 1. The molecule has 0 radical (unpaired) electrons. The molecule has 41 heavy (non-hydrogen) atoms. The highest BCUT2D eigenvalue weighted by atomic mass is 19.4. The molecule has 1 amide bonds. The summed E-state index contributed by atoms with van der Waals surface area (Å²) in [5.41, 5.74) is 2.64. The molecule has 1 aliphatic rings. The fraction of sp³-hybridized carbons (Fsp3) is 0.320. The summed E-state index contributed by atoms with van der Waals surface area (Å²) in [7, 11) is 0. The van der Waals surface area contributed by atoms with Crippen LogP contribution in [0.25, 0.3) is 22.3 Å². The monoisotopic (exact) mass is 573 g/mol. The zero-order valence-corrected chi connectivity index (χ0v) is 21.3. The Hall–Kier alpha value is -4.91. The van der Waals surface area contributed by atoms with Gasteiger partial charge in [0.2, 0.25) is 0 Å². The predicted molar refractivity (Wildman–Crippen MR) is 135 cm³/mol. The van der Waals surface area contributed by atoms with Gasteiger partial charge in [0.25, 0.3) is 5.91 Å². The lowest BCUT2D eigenvalue weighted by atomic mass is 10.1. The van der Waals surface area contributed by atoms with E-state index in [9.17, 15) is 27.6 Å². The van der Waals surface area contributed by atoms with Gasteiger partial charge in [-0.1, -0.05) is 0 Å². The zero-order valence-electron chi connectivity index (χ0n) is 21.3. The van der Waals surface area contributed by atoms with Crippen molar-refractivity contribution in [1.29, 1.82) is 5.26 Å². The molecule has 5 heterocycles. The third-order valence-corrected chi connectivity index (χ3v) is 6.25. The van der Waals surface area contributed by atoms with Crippen molar-refractivity contribution in [3.63, 3.8) is 0 Å². The van der Waals surface area contributed by atoms with E-state index in [-0.39, 0.29) is 17.6 Å². The smallest absolute Gasteiger partial charge is 0.475 e. The number of nitrogens with zero attached hydrogens (tertiary/aromatic N) is 8. The summed E-state index contributed by atoms with van der Waals surface area (Å²) in [6.07, 6.45) is 3.28. The minimum Gasteiger partial charge on any atom is -0.475 e. The average molecular weight is 574 g/mol. The maximum atomic E-state index is 13.1. The minimum atomic E-state index is -5.08. The van der Waals surface area contributed by atoms with E-state index in [1.54, 1.807) is 11.1 Å². The van der Waals surface area contributed by atoms with Crippen molar-refractivity contribution >= 4 is 22.9 Å². The number of alkyl halides is 3. The normalized spacial score (nSPS) is 14.7. The summed E-state index contributed by atoms with van der Waals surface area (Å²) in [6.45, 7) is 3.04. The highest BCUT2D eigenvalue weighted by molar-refractivity contribution is 5.92. The maximum absolute atomic E-state index is 13.1. The second-order valence-electron chi connectivity index (χ2n) is 8.94. The molecule has 4 aromatic rings. The fourth-order valence-electron chi connectivity index (χ4n) is 4.21. The van der Waals surface area contributed by atoms with Crippen LogP contribution in [0.15, 0.2) is 49.3 Å². The average Bonchev–Trinajstić information content (AvgIpc) is 3.63. The van der Waals surface area contributed by atoms with Crippen LogP contribution in [0.2, 0.25) is 0 Å². The Balaban J connectivity index is 0.000000493. The molecule has 0 saturated carbocycles. The van der Waals surface area contributed by atoms with Gasteiger partial charge in [-0.2, -0.15) is 23.5 Å². The van der Waals surface area contributed by atoms with E-state index in [1.165, 1.54) is 18.5 Å². The van der Waals surface area contributed by atoms with E-state index in [4.69, 9.17) is 9.90 Å².